The molecule has 2 rings (SSSR count). The molecule has 0 aliphatic carbocycles. The zero-order valence-corrected chi connectivity index (χ0v) is 13.5. The number of rotatable bonds is 7. The molecule has 2 heterocycles. The van der Waals surface area contributed by atoms with Crippen LogP contribution in [0.25, 0.3) is 0 Å². The van der Waals surface area contributed by atoms with Gasteiger partial charge in [-0.1, -0.05) is 6.92 Å². The van der Waals surface area contributed by atoms with Crippen molar-refractivity contribution in [3.8, 4) is 0 Å². The van der Waals surface area contributed by atoms with E-state index in [-0.39, 0.29) is 10.9 Å². The van der Waals surface area contributed by atoms with E-state index in [1.807, 2.05) is 6.92 Å². The summed E-state index contributed by atoms with van der Waals surface area (Å²) >= 11 is 0. The zero-order chi connectivity index (χ0) is 15.3. The maximum atomic E-state index is 12.6. The Morgan fingerprint density at radius 2 is 2.19 bits per heavy atom. The van der Waals surface area contributed by atoms with Crippen LogP contribution in [-0.4, -0.2) is 61.9 Å². The molecule has 1 aromatic rings. The molecule has 1 aliphatic rings. The fraction of sp³-hybridized carbons (Fsp3) is 0.769. The first-order valence-corrected chi connectivity index (χ1v) is 8.78. The smallest absolute Gasteiger partial charge is 0.246 e. The van der Waals surface area contributed by atoms with Crippen molar-refractivity contribution in [1.82, 2.24) is 19.4 Å². The second kappa shape index (κ2) is 7.35. The molecular formula is C13H24N4O3S. The van der Waals surface area contributed by atoms with E-state index < -0.39 is 10.0 Å². The van der Waals surface area contributed by atoms with E-state index in [1.165, 1.54) is 10.5 Å². The van der Waals surface area contributed by atoms with Crippen molar-refractivity contribution in [2.24, 2.45) is 0 Å². The minimum atomic E-state index is -3.47. The average Bonchev–Trinajstić information content (AvgIpc) is 2.97. The number of hydrogen-bond donors (Lipinski definition) is 1. The minimum absolute atomic E-state index is 0.00820. The van der Waals surface area contributed by atoms with Crippen LogP contribution in [0.1, 0.15) is 19.8 Å². The van der Waals surface area contributed by atoms with Crippen LogP contribution in [0.15, 0.2) is 17.3 Å². The molecule has 0 spiro atoms. The molecule has 0 saturated carbocycles. The first-order chi connectivity index (χ1) is 10.1. The van der Waals surface area contributed by atoms with Gasteiger partial charge in [-0.25, -0.2) is 8.42 Å². The van der Waals surface area contributed by atoms with Gasteiger partial charge in [0.2, 0.25) is 10.0 Å². The van der Waals surface area contributed by atoms with E-state index in [0.717, 1.165) is 25.9 Å². The Labute approximate surface area is 126 Å². The van der Waals surface area contributed by atoms with Crippen LogP contribution >= 0.6 is 0 Å². The van der Waals surface area contributed by atoms with Crippen molar-refractivity contribution < 1.29 is 13.2 Å². The van der Waals surface area contributed by atoms with Gasteiger partial charge in [0, 0.05) is 39.0 Å². The van der Waals surface area contributed by atoms with E-state index in [0.29, 0.717) is 19.8 Å². The van der Waals surface area contributed by atoms with E-state index in [9.17, 15) is 8.42 Å². The Bertz CT molecular complexity index is 537. The molecule has 1 fully saturated rings. The normalized spacial score (nSPS) is 17.5. The Morgan fingerprint density at radius 3 is 2.86 bits per heavy atom. The van der Waals surface area contributed by atoms with E-state index in [1.54, 1.807) is 17.9 Å². The largest absolute Gasteiger partial charge is 0.381 e. The van der Waals surface area contributed by atoms with Gasteiger partial charge in [-0.05, 0) is 19.4 Å². The third-order valence-electron chi connectivity index (χ3n) is 3.76. The summed E-state index contributed by atoms with van der Waals surface area (Å²) in [7, 11) is -1.83. The molecule has 1 saturated heterocycles. The lowest BCUT2D eigenvalue weighted by Gasteiger charge is -2.29. The lowest BCUT2D eigenvalue weighted by Crippen LogP contribution is -2.40. The lowest BCUT2D eigenvalue weighted by molar-refractivity contribution is 0.0632. The first kappa shape index (κ1) is 16.4. The van der Waals surface area contributed by atoms with E-state index in [4.69, 9.17) is 4.74 Å². The predicted octanol–water partition coefficient (Wildman–Crippen LogP) is 0.292. The maximum Gasteiger partial charge on any atom is 0.246 e. The van der Waals surface area contributed by atoms with Gasteiger partial charge >= 0.3 is 0 Å². The molecule has 7 nitrogen and oxygen atoms in total. The molecule has 1 N–H and O–H groups in total. The molecule has 1 aliphatic heterocycles. The van der Waals surface area contributed by atoms with E-state index in [2.05, 4.69) is 10.4 Å². The number of nitrogens with zero attached hydrogens (tertiary/aromatic N) is 3. The summed E-state index contributed by atoms with van der Waals surface area (Å²) in [6.45, 7) is 5.58. The Kier molecular flexibility index (Phi) is 5.74. The van der Waals surface area contributed by atoms with Crippen molar-refractivity contribution in [1.29, 1.82) is 0 Å². The van der Waals surface area contributed by atoms with Gasteiger partial charge in [0.15, 0.2) is 0 Å². The summed E-state index contributed by atoms with van der Waals surface area (Å²) in [4.78, 5) is 0.257. The predicted molar refractivity (Wildman–Crippen MR) is 79.6 cm³/mol. The van der Waals surface area contributed by atoms with Gasteiger partial charge in [-0.2, -0.15) is 9.40 Å². The quantitative estimate of drug-likeness (QED) is 0.732. The van der Waals surface area contributed by atoms with Crippen molar-refractivity contribution >= 4 is 10.0 Å². The summed E-state index contributed by atoms with van der Waals surface area (Å²) in [5.41, 5.74) is 0. The molecule has 0 unspecified atom stereocenters. The summed E-state index contributed by atoms with van der Waals surface area (Å²) in [6, 6.07) is 0.00820. The standard InChI is InChI=1S/C13H24N4O3S/c1-3-14-6-7-17-11-13(10-15-17)21(18,19)16(2)12-4-8-20-9-5-12/h10-12,14H,3-9H2,1-2H3. The fourth-order valence-corrected chi connectivity index (χ4v) is 3.75. The zero-order valence-electron chi connectivity index (χ0n) is 12.7. The molecule has 0 bridgehead atoms. The molecule has 0 radical (unpaired) electrons. The molecule has 0 atom stereocenters. The number of ether oxygens (including phenoxy) is 1. The Hall–Kier alpha value is -0.960. The second-order valence-corrected chi connectivity index (χ2v) is 7.15. The van der Waals surface area contributed by atoms with Gasteiger partial charge < -0.3 is 10.1 Å². The van der Waals surface area contributed by atoms with Crippen LogP contribution in [0.4, 0.5) is 0 Å². The Balaban J connectivity index is 2.04. The van der Waals surface area contributed by atoms with Crippen molar-refractivity contribution in [3.63, 3.8) is 0 Å². The molecule has 0 amide bonds. The van der Waals surface area contributed by atoms with Crippen LogP contribution in [0.3, 0.4) is 0 Å². The highest BCUT2D eigenvalue weighted by Crippen LogP contribution is 2.21. The lowest BCUT2D eigenvalue weighted by atomic mass is 10.1. The van der Waals surface area contributed by atoms with Gasteiger partial charge in [-0.3, -0.25) is 4.68 Å². The second-order valence-electron chi connectivity index (χ2n) is 5.16. The topological polar surface area (TPSA) is 76.5 Å². The number of nitrogens with one attached hydrogen (secondary N) is 1. The molecule has 21 heavy (non-hydrogen) atoms. The fourth-order valence-electron chi connectivity index (χ4n) is 2.38. The summed E-state index contributed by atoms with van der Waals surface area (Å²) in [5, 5.41) is 7.31. The summed E-state index contributed by atoms with van der Waals surface area (Å²) < 4.78 is 33.6. The van der Waals surface area contributed by atoms with Crippen LogP contribution < -0.4 is 5.32 Å². The summed E-state index contributed by atoms with van der Waals surface area (Å²) in [5.74, 6) is 0. The van der Waals surface area contributed by atoms with Crippen LogP contribution in [0.5, 0.6) is 0 Å². The number of sulfonamides is 1. The molecule has 120 valence electrons. The monoisotopic (exact) mass is 316 g/mol. The van der Waals surface area contributed by atoms with Crippen molar-refractivity contribution in [2.75, 3.05) is 33.4 Å². The van der Waals surface area contributed by atoms with Crippen LogP contribution in [0.2, 0.25) is 0 Å². The number of aromatic nitrogens is 2. The third-order valence-corrected chi connectivity index (χ3v) is 5.62. The SMILES string of the molecule is CCNCCn1cc(S(=O)(=O)N(C)C2CCOCC2)cn1. The van der Waals surface area contributed by atoms with Gasteiger partial charge in [-0.15, -0.1) is 0 Å². The first-order valence-electron chi connectivity index (χ1n) is 7.34. The number of hydrogen-bond acceptors (Lipinski definition) is 5. The van der Waals surface area contributed by atoms with Gasteiger partial charge in [0.25, 0.3) is 0 Å². The Morgan fingerprint density at radius 1 is 1.48 bits per heavy atom. The third kappa shape index (κ3) is 4.03. The average molecular weight is 316 g/mol. The summed E-state index contributed by atoms with van der Waals surface area (Å²) in [6.07, 6.45) is 4.51. The van der Waals surface area contributed by atoms with E-state index >= 15 is 0 Å². The maximum absolute atomic E-state index is 12.6. The molecular weight excluding hydrogens is 292 g/mol. The van der Waals surface area contributed by atoms with Gasteiger partial charge in [0.05, 0.1) is 12.7 Å². The van der Waals surface area contributed by atoms with Crippen molar-refractivity contribution in [2.45, 2.75) is 37.2 Å². The van der Waals surface area contributed by atoms with Crippen LogP contribution in [0, 0.1) is 0 Å². The highest BCUT2D eigenvalue weighted by Gasteiger charge is 2.30. The minimum Gasteiger partial charge on any atom is -0.381 e. The molecule has 0 aromatic carbocycles. The number of likely N-dealkylation sites (N-methyl/N-ethyl adjacent to an activating group) is 1. The van der Waals surface area contributed by atoms with Crippen molar-refractivity contribution in [3.05, 3.63) is 12.4 Å². The van der Waals surface area contributed by atoms with Gasteiger partial charge in [0.1, 0.15) is 4.90 Å². The molecule has 8 heteroatoms. The highest BCUT2D eigenvalue weighted by molar-refractivity contribution is 7.89. The van der Waals surface area contributed by atoms with Crippen LogP contribution in [-0.2, 0) is 21.3 Å². The highest BCUT2D eigenvalue weighted by atomic mass is 32.2. The molecule has 1 aromatic heterocycles.